The fourth-order valence-corrected chi connectivity index (χ4v) is 2.68. The maximum Gasteiger partial charge on any atom is 0.176 e. The van der Waals surface area contributed by atoms with Crippen LogP contribution in [0.15, 0.2) is 18.2 Å². The SMILES string of the molecule is CN(C)CC1CCCN1CC(=O)c1ccc(F)c(F)c1. The minimum absolute atomic E-state index is 0.158. The van der Waals surface area contributed by atoms with Crippen molar-refractivity contribution in [3.63, 3.8) is 0 Å². The van der Waals surface area contributed by atoms with Crippen LogP contribution in [-0.4, -0.2) is 55.4 Å². The zero-order chi connectivity index (χ0) is 14.7. The maximum absolute atomic E-state index is 13.2. The van der Waals surface area contributed by atoms with Gasteiger partial charge in [-0.15, -0.1) is 0 Å². The molecule has 1 aromatic rings. The smallest absolute Gasteiger partial charge is 0.176 e. The van der Waals surface area contributed by atoms with Crippen molar-refractivity contribution in [3.8, 4) is 0 Å². The van der Waals surface area contributed by atoms with E-state index >= 15 is 0 Å². The normalized spacial score (nSPS) is 19.8. The molecule has 110 valence electrons. The summed E-state index contributed by atoms with van der Waals surface area (Å²) in [5, 5.41) is 0. The Kier molecular flexibility index (Phi) is 4.83. The van der Waals surface area contributed by atoms with Crippen molar-refractivity contribution in [2.75, 3.05) is 33.7 Å². The van der Waals surface area contributed by atoms with Gasteiger partial charge in [0.25, 0.3) is 0 Å². The van der Waals surface area contributed by atoms with Crippen LogP contribution in [0.5, 0.6) is 0 Å². The second-order valence-electron chi connectivity index (χ2n) is 5.58. The van der Waals surface area contributed by atoms with Crippen LogP contribution in [0.2, 0.25) is 0 Å². The van der Waals surface area contributed by atoms with Crippen molar-refractivity contribution >= 4 is 5.78 Å². The number of carbonyl (C=O) groups excluding carboxylic acids is 1. The summed E-state index contributed by atoms with van der Waals surface area (Å²) in [4.78, 5) is 16.4. The molecule has 0 N–H and O–H groups in total. The van der Waals surface area contributed by atoms with E-state index in [1.165, 1.54) is 6.07 Å². The second kappa shape index (κ2) is 6.41. The van der Waals surface area contributed by atoms with Gasteiger partial charge in [-0.1, -0.05) is 0 Å². The second-order valence-corrected chi connectivity index (χ2v) is 5.58. The molecule has 1 unspecified atom stereocenters. The molecule has 0 saturated carbocycles. The maximum atomic E-state index is 13.2. The van der Waals surface area contributed by atoms with Crippen LogP contribution < -0.4 is 0 Å². The van der Waals surface area contributed by atoms with Crippen LogP contribution in [0.25, 0.3) is 0 Å². The number of halogens is 2. The summed E-state index contributed by atoms with van der Waals surface area (Å²) in [6.45, 7) is 2.06. The van der Waals surface area contributed by atoms with Crippen LogP contribution in [0, 0.1) is 11.6 Å². The van der Waals surface area contributed by atoms with E-state index in [1.807, 2.05) is 14.1 Å². The first kappa shape index (κ1) is 15.1. The van der Waals surface area contributed by atoms with E-state index in [0.717, 1.165) is 38.1 Å². The molecule has 1 aliphatic rings. The number of carbonyl (C=O) groups is 1. The van der Waals surface area contributed by atoms with E-state index in [1.54, 1.807) is 0 Å². The van der Waals surface area contributed by atoms with Crippen molar-refractivity contribution in [3.05, 3.63) is 35.4 Å². The number of benzene rings is 1. The molecule has 0 radical (unpaired) electrons. The number of ketones is 1. The summed E-state index contributed by atoms with van der Waals surface area (Å²) in [5.74, 6) is -2.05. The third-order valence-electron chi connectivity index (χ3n) is 3.66. The van der Waals surface area contributed by atoms with Crippen LogP contribution in [-0.2, 0) is 0 Å². The number of rotatable bonds is 5. The number of likely N-dealkylation sites (N-methyl/N-ethyl adjacent to an activating group) is 1. The quantitative estimate of drug-likeness (QED) is 0.773. The summed E-state index contributed by atoms with van der Waals surface area (Å²) in [7, 11) is 4.02. The summed E-state index contributed by atoms with van der Waals surface area (Å²) in [6.07, 6.45) is 2.15. The highest BCUT2D eigenvalue weighted by molar-refractivity contribution is 5.97. The van der Waals surface area contributed by atoms with Gasteiger partial charge in [-0.05, 0) is 51.7 Å². The predicted octanol–water partition coefficient (Wildman–Crippen LogP) is 2.17. The first-order chi connectivity index (χ1) is 9.47. The van der Waals surface area contributed by atoms with Crippen molar-refractivity contribution < 1.29 is 13.6 Å². The van der Waals surface area contributed by atoms with Gasteiger partial charge in [0, 0.05) is 18.2 Å². The van der Waals surface area contributed by atoms with Gasteiger partial charge in [0.2, 0.25) is 0 Å². The van der Waals surface area contributed by atoms with Crippen LogP contribution in [0.1, 0.15) is 23.2 Å². The van der Waals surface area contributed by atoms with Gasteiger partial charge in [0.05, 0.1) is 6.54 Å². The highest BCUT2D eigenvalue weighted by Gasteiger charge is 2.27. The Bertz CT molecular complexity index is 491. The van der Waals surface area contributed by atoms with Crippen molar-refractivity contribution in [1.29, 1.82) is 0 Å². The Morgan fingerprint density at radius 1 is 1.35 bits per heavy atom. The number of likely N-dealkylation sites (tertiary alicyclic amines) is 1. The molecule has 0 amide bonds. The lowest BCUT2D eigenvalue weighted by Crippen LogP contribution is -2.40. The zero-order valence-corrected chi connectivity index (χ0v) is 11.9. The molecule has 3 nitrogen and oxygen atoms in total. The van der Waals surface area contributed by atoms with Crippen LogP contribution in [0.4, 0.5) is 8.78 Å². The first-order valence-corrected chi connectivity index (χ1v) is 6.84. The van der Waals surface area contributed by atoms with Crippen molar-refractivity contribution in [2.45, 2.75) is 18.9 Å². The van der Waals surface area contributed by atoms with Gasteiger partial charge in [-0.3, -0.25) is 9.69 Å². The van der Waals surface area contributed by atoms with Gasteiger partial charge in [-0.25, -0.2) is 8.78 Å². The fourth-order valence-electron chi connectivity index (χ4n) is 2.68. The molecule has 5 heteroatoms. The molecule has 0 bridgehead atoms. The van der Waals surface area contributed by atoms with Gasteiger partial charge in [0.15, 0.2) is 17.4 Å². The monoisotopic (exact) mass is 282 g/mol. The lowest BCUT2D eigenvalue weighted by molar-refractivity contribution is 0.0910. The van der Waals surface area contributed by atoms with E-state index < -0.39 is 11.6 Å². The molecule has 0 aliphatic carbocycles. The van der Waals surface area contributed by atoms with Crippen molar-refractivity contribution in [1.82, 2.24) is 9.80 Å². The lowest BCUT2D eigenvalue weighted by atomic mass is 10.1. The molecule has 20 heavy (non-hydrogen) atoms. The topological polar surface area (TPSA) is 23.6 Å². The Morgan fingerprint density at radius 3 is 2.75 bits per heavy atom. The number of hydrogen-bond acceptors (Lipinski definition) is 3. The molecule has 1 fully saturated rings. The van der Waals surface area contributed by atoms with Gasteiger partial charge >= 0.3 is 0 Å². The third kappa shape index (κ3) is 3.61. The van der Waals surface area contributed by atoms with Crippen LogP contribution in [0.3, 0.4) is 0 Å². The lowest BCUT2D eigenvalue weighted by Gasteiger charge is -2.26. The standard InChI is InChI=1S/C15H20F2N2O/c1-18(2)9-12-4-3-7-19(12)10-15(20)11-5-6-13(16)14(17)8-11/h5-6,8,12H,3-4,7,9-10H2,1-2H3. The molecular formula is C15H20F2N2O. The number of nitrogens with zero attached hydrogens (tertiary/aromatic N) is 2. The van der Waals surface area contributed by atoms with E-state index in [2.05, 4.69) is 9.80 Å². The minimum Gasteiger partial charge on any atom is -0.308 e. The molecule has 2 rings (SSSR count). The molecule has 0 spiro atoms. The van der Waals surface area contributed by atoms with Gasteiger partial charge in [0.1, 0.15) is 0 Å². The average molecular weight is 282 g/mol. The summed E-state index contributed by atoms with van der Waals surface area (Å²) in [6, 6.07) is 3.69. The Morgan fingerprint density at radius 2 is 2.10 bits per heavy atom. The highest BCUT2D eigenvalue weighted by Crippen LogP contribution is 2.18. The predicted molar refractivity (Wildman–Crippen MR) is 73.8 cm³/mol. The summed E-state index contributed by atoms with van der Waals surface area (Å²) < 4.78 is 26.0. The molecule has 1 heterocycles. The zero-order valence-electron chi connectivity index (χ0n) is 11.9. The van der Waals surface area contributed by atoms with E-state index in [4.69, 9.17) is 0 Å². The molecule has 1 saturated heterocycles. The Labute approximate surface area is 118 Å². The molecular weight excluding hydrogens is 262 g/mol. The van der Waals surface area contributed by atoms with E-state index in [0.29, 0.717) is 6.04 Å². The largest absolute Gasteiger partial charge is 0.308 e. The average Bonchev–Trinajstić information content (AvgIpc) is 2.79. The molecule has 1 aliphatic heterocycles. The molecule has 0 aromatic heterocycles. The molecule has 1 aromatic carbocycles. The third-order valence-corrected chi connectivity index (χ3v) is 3.66. The number of hydrogen-bond donors (Lipinski definition) is 0. The highest BCUT2D eigenvalue weighted by atomic mass is 19.2. The van der Waals surface area contributed by atoms with Crippen molar-refractivity contribution in [2.24, 2.45) is 0 Å². The van der Waals surface area contributed by atoms with Gasteiger partial charge < -0.3 is 4.90 Å². The van der Waals surface area contributed by atoms with E-state index in [9.17, 15) is 13.6 Å². The summed E-state index contributed by atoms with van der Waals surface area (Å²) in [5.41, 5.74) is 0.236. The Balaban J connectivity index is 2.01. The van der Waals surface area contributed by atoms with E-state index in [-0.39, 0.29) is 17.9 Å². The van der Waals surface area contributed by atoms with Gasteiger partial charge in [-0.2, -0.15) is 0 Å². The molecule has 1 atom stereocenters. The first-order valence-electron chi connectivity index (χ1n) is 6.84. The number of Topliss-reactive ketones (excluding diaryl/α,β-unsaturated/α-hetero) is 1. The minimum atomic E-state index is -0.970. The van der Waals surface area contributed by atoms with Crippen LogP contribution >= 0.6 is 0 Å². The fraction of sp³-hybridized carbons (Fsp3) is 0.533. The Hall–Kier alpha value is -1.33. The summed E-state index contributed by atoms with van der Waals surface area (Å²) >= 11 is 0.